The Morgan fingerprint density at radius 2 is 2.04 bits per heavy atom. The number of halogens is 1. The monoisotopic (exact) mass is 430 g/mol. The number of aryl methyl sites for hydroxylation is 1. The smallest absolute Gasteiger partial charge is 0.256 e. The van der Waals surface area contributed by atoms with Gasteiger partial charge in [-0.15, -0.1) is 0 Å². The van der Waals surface area contributed by atoms with Gasteiger partial charge in [0, 0.05) is 16.6 Å². The normalized spacial score (nSPS) is 12.0. The van der Waals surface area contributed by atoms with E-state index in [2.05, 4.69) is 26.2 Å². The maximum Gasteiger partial charge on any atom is 0.256 e. The Labute approximate surface area is 165 Å². The van der Waals surface area contributed by atoms with Crippen molar-refractivity contribution in [3.8, 4) is 11.3 Å². The lowest BCUT2D eigenvalue weighted by atomic mass is 10.1. The molecular formula is C20H19BrN2O2S. The number of rotatable bonds is 6. The van der Waals surface area contributed by atoms with Crippen molar-refractivity contribution in [2.45, 2.75) is 30.9 Å². The molecule has 0 aliphatic carbocycles. The van der Waals surface area contributed by atoms with Crippen LogP contribution < -0.4 is 5.32 Å². The Morgan fingerprint density at radius 3 is 2.77 bits per heavy atom. The molecule has 26 heavy (non-hydrogen) atoms. The average Bonchev–Trinajstić information content (AvgIpc) is 3.09. The highest BCUT2D eigenvalue weighted by molar-refractivity contribution is 9.10. The van der Waals surface area contributed by atoms with E-state index >= 15 is 0 Å². The lowest BCUT2D eigenvalue weighted by Crippen LogP contribution is -2.30. The molecule has 0 spiro atoms. The lowest BCUT2D eigenvalue weighted by Gasteiger charge is -2.10. The molecule has 0 unspecified atom stereocenters. The van der Waals surface area contributed by atoms with Crippen LogP contribution in [0.2, 0.25) is 0 Å². The van der Waals surface area contributed by atoms with Crippen LogP contribution in [-0.4, -0.2) is 16.1 Å². The largest absolute Gasteiger partial charge is 0.431 e. The van der Waals surface area contributed by atoms with Gasteiger partial charge < -0.3 is 9.73 Å². The second-order valence-electron chi connectivity index (χ2n) is 5.96. The van der Waals surface area contributed by atoms with Crippen LogP contribution in [0.3, 0.4) is 0 Å². The highest BCUT2D eigenvalue weighted by atomic mass is 79.9. The molecule has 0 aliphatic heterocycles. The maximum absolute atomic E-state index is 12.3. The molecule has 0 radical (unpaired) electrons. The number of thioether (sulfide) groups is 1. The van der Waals surface area contributed by atoms with Crippen LogP contribution in [0.25, 0.3) is 11.3 Å². The van der Waals surface area contributed by atoms with Crippen LogP contribution in [-0.2, 0) is 11.3 Å². The molecule has 134 valence electrons. The number of aromatic nitrogens is 1. The zero-order valence-electron chi connectivity index (χ0n) is 14.5. The van der Waals surface area contributed by atoms with Crippen molar-refractivity contribution in [2.75, 3.05) is 0 Å². The van der Waals surface area contributed by atoms with E-state index in [1.807, 2.05) is 62.4 Å². The molecule has 4 nitrogen and oxygen atoms in total. The van der Waals surface area contributed by atoms with Gasteiger partial charge in [-0.3, -0.25) is 4.79 Å². The first kappa shape index (κ1) is 18.7. The molecule has 3 rings (SSSR count). The summed E-state index contributed by atoms with van der Waals surface area (Å²) in [4.78, 5) is 16.6. The van der Waals surface area contributed by atoms with Crippen molar-refractivity contribution >= 4 is 33.6 Å². The minimum absolute atomic E-state index is 0.0437. The van der Waals surface area contributed by atoms with E-state index in [9.17, 15) is 4.79 Å². The summed E-state index contributed by atoms with van der Waals surface area (Å²) in [6.07, 6.45) is 1.68. The Morgan fingerprint density at radius 1 is 1.27 bits per heavy atom. The van der Waals surface area contributed by atoms with Gasteiger partial charge in [-0.2, -0.15) is 0 Å². The van der Waals surface area contributed by atoms with Gasteiger partial charge in [0.1, 0.15) is 0 Å². The third-order valence-corrected chi connectivity index (χ3v) is 5.28. The van der Waals surface area contributed by atoms with Crippen LogP contribution >= 0.6 is 27.7 Å². The van der Waals surface area contributed by atoms with E-state index < -0.39 is 0 Å². The minimum Gasteiger partial charge on any atom is -0.431 e. The van der Waals surface area contributed by atoms with E-state index in [4.69, 9.17) is 4.42 Å². The summed E-state index contributed by atoms with van der Waals surface area (Å²) in [7, 11) is 0. The molecule has 6 heteroatoms. The Kier molecular flexibility index (Phi) is 6.16. The van der Waals surface area contributed by atoms with Crippen molar-refractivity contribution in [3.63, 3.8) is 0 Å². The molecule has 1 heterocycles. The Hall–Kier alpha value is -2.05. The zero-order chi connectivity index (χ0) is 18.5. The summed E-state index contributed by atoms with van der Waals surface area (Å²) in [5, 5.41) is 3.14. The van der Waals surface area contributed by atoms with Crippen molar-refractivity contribution in [1.82, 2.24) is 10.3 Å². The zero-order valence-corrected chi connectivity index (χ0v) is 16.9. The van der Waals surface area contributed by atoms with Crippen LogP contribution in [0, 0.1) is 6.92 Å². The third kappa shape index (κ3) is 4.99. The fourth-order valence-electron chi connectivity index (χ4n) is 2.33. The van der Waals surface area contributed by atoms with Gasteiger partial charge in [-0.05, 0) is 31.5 Å². The lowest BCUT2D eigenvalue weighted by molar-refractivity contribution is -0.120. The van der Waals surface area contributed by atoms with Crippen LogP contribution in [0.15, 0.2) is 68.8 Å². The highest BCUT2D eigenvalue weighted by Crippen LogP contribution is 2.29. The summed E-state index contributed by atoms with van der Waals surface area (Å²) in [6, 6.07) is 15.9. The first-order valence-electron chi connectivity index (χ1n) is 8.23. The number of carbonyl (C=O) groups is 1. The number of oxazole rings is 1. The molecule has 1 amide bonds. The van der Waals surface area contributed by atoms with E-state index in [1.54, 1.807) is 6.20 Å². The fraction of sp³-hybridized carbons (Fsp3) is 0.200. The quantitative estimate of drug-likeness (QED) is 0.545. The fourth-order valence-corrected chi connectivity index (χ4v) is 3.47. The predicted molar refractivity (Wildman–Crippen MR) is 108 cm³/mol. The number of nitrogens with one attached hydrogen (secondary N) is 1. The van der Waals surface area contributed by atoms with E-state index in [0.29, 0.717) is 17.5 Å². The van der Waals surface area contributed by atoms with Crippen molar-refractivity contribution in [1.29, 1.82) is 0 Å². The topological polar surface area (TPSA) is 55.1 Å². The molecule has 0 aliphatic rings. The number of hydrogen-bond donors (Lipinski definition) is 1. The third-order valence-electron chi connectivity index (χ3n) is 3.83. The predicted octanol–water partition coefficient (Wildman–Crippen LogP) is 5.21. The molecule has 0 saturated heterocycles. The second-order valence-corrected chi connectivity index (χ2v) is 8.17. The first-order valence-corrected chi connectivity index (χ1v) is 9.90. The molecule has 0 bridgehead atoms. The van der Waals surface area contributed by atoms with Gasteiger partial charge in [0.25, 0.3) is 5.22 Å². The second kappa shape index (κ2) is 8.56. The van der Waals surface area contributed by atoms with Gasteiger partial charge in [-0.1, -0.05) is 69.7 Å². The van der Waals surface area contributed by atoms with Gasteiger partial charge in [0.05, 0.1) is 11.4 Å². The molecule has 1 N–H and O–H groups in total. The molecule has 0 saturated carbocycles. The number of carbonyl (C=O) groups excluding carboxylic acids is 1. The van der Waals surface area contributed by atoms with Gasteiger partial charge in [0.2, 0.25) is 5.91 Å². The first-order chi connectivity index (χ1) is 12.5. The SMILES string of the molecule is Cc1ccc(CNC(=O)[C@@H](C)Sc2ncc(-c3cccc(Br)c3)o2)cc1. The molecule has 3 aromatic rings. The summed E-state index contributed by atoms with van der Waals surface area (Å²) >= 11 is 4.75. The number of benzene rings is 2. The number of nitrogens with zero attached hydrogens (tertiary/aromatic N) is 1. The van der Waals surface area contributed by atoms with Crippen molar-refractivity contribution in [2.24, 2.45) is 0 Å². The summed E-state index contributed by atoms with van der Waals surface area (Å²) in [6.45, 7) is 4.40. The molecule has 1 atom stereocenters. The molecule has 1 aromatic heterocycles. The van der Waals surface area contributed by atoms with Crippen molar-refractivity contribution < 1.29 is 9.21 Å². The molecular weight excluding hydrogens is 412 g/mol. The minimum atomic E-state index is -0.297. The van der Waals surface area contributed by atoms with Gasteiger partial charge in [0.15, 0.2) is 5.76 Å². The summed E-state index contributed by atoms with van der Waals surface area (Å²) < 4.78 is 6.75. The molecule has 0 fully saturated rings. The maximum atomic E-state index is 12.3. The Bertz CT molecular complexity index is 893. The van der Waals surface area contributed by atoms with Crippen molar-refractivity contribution in [3.05, 3.63) is 70.3 Å². The van der Waals surface area contributed by atoms with E-state index in [1.165, 1.54) is 17.3 Å². The van der Waals surface area contributed by atoms with E-state index in [0.717, 1.165) is 15.6 Å². The van der Waals surface area contributed by atoms with Gasteiger partial charge in [-0.25, -0.2) is 4.98 Å². The summed E-state index contributed by atoms with van der Waals surface area (Å²) in [5.41, 5.74) is 3.22. The van der Waals surface area contributed by atoms with Crippen LogP contribution in [0.4, 0.5) is 0 Å². The summed E-state index contributed by atoms with van der Waals surface area (Å²) in [5.74, 6) is 0.638. The number of hydrogen-bond acceptors (Lipinski definition) is 4. The average molecular weight is 431 g/mol. The van der Waals surface area contributed by atoms with Gasteiger partial charge >= 0.3 is 0 Å². The standard InChI is InChI=1S/C20H19BrN2O2S/c1-13-6-8-15(9-7-13)11-22-19(24)14(2)26-20-23-12-18(25-20)16-4-3-5-17(21)10-16/h3-10,12,14H,11H2,1-2H3,(H,22,24)/t14-/m1/s1. The van der Waals surface area contributed by atoms with Crippen LogP contribution in [0.5, 0.6) is 0 Å². The Balaban J connectivity index is 1.56. The van der Waals surface area contributed by atoms with E-state index in [-0.39, 0.29) is 11.2 Å². The highest BCUT2D eigenvalue weighted by Gasteiger charge is 2.17. The van der Waals surface area contributed by atoms with Crippen LogP contribution in [0.1, 0.15) is 18.1 Å². The molecule has 2 aromatic carbocycles. The number of amides is 1.